The van der Waals surface area contributed by atoms with Crippen molar-refractivity contribution < 1.29 is 0 Å². The fourth-order valence-corrected chi connectivity index (χ4v) is 3.43. The Labute approximate surface area is 157 Å². The van der Waals surface area contributed by atoms with Gasteiger partial charge in [0.15, 0.2) is 0 Å². The number of hydrogen-bond donors (Lipinski definition) is 1. The summed E-state index contributed by atoms with van der Waals surface area (Å²) in [5.41, 5.74) is 10.4. The number of rotatable bonds is 6. The Morgan fingerprint density at radius 3 is 2.27 bits per heavy atom. The van der Waals surface area contributed by atoms with E-state index >= 15 is 0 Å². The zero-order valence-electron chi connectivity index (χ0n) is 16.6. The van der Waals surface area contributed by atoms with Crippen molar-refractivity contribution in [2.45, 2.75) is 54.3 Å². The molecule has 3 heteroatoms. The van der Waals surface area contributed by atoms with Gasteiger partial charge in [0.05, 0.1) is 12.2 Å². The average molecular weight is 348 g/mol. The lowest BCUT2D eigenvalue weighted by atomic mass is 10.0. The molecule has 1 aromatic heterocycles. The Bertz CT molecular complexity index is 892. The number of benzene rings is 2. The number of nitrogens with zero attached hydrogens (tertiary/aromatic N) is 2. The highest BCUT2D eigenvalue weighted by Crippen LogP contribution is 2.17. The minimum atomic E-state index is 0.823. The lowest BCUT2D eigenvalue weighted by molar-refractivity contribution is 0.652. The van der Waals surface area contributed by atoms with Gasteiger partial charge in [-0.15, -0.1) is 0 Å². The Kier molecular flexibility index (Phi) is 5.58. The molecule has 3 rings (SSSR count). The van der Waals surface area contributed by atoms with Crippen LogP contribution in [-0.2, 0) is 19.6 Å². The van der Waals surface area contributed by atoms with E-state index in [2.05, 4.69) is 87.1 Å². The fourth-order valence-electron chi connectivity index (χ4n) is 3.43. The highest BCUT2D eigenvalue weighted by atomic mass is 15.3. The molecule has 1 N–H and O–H groups in total. The van der Waals surface area contributed by atoms with Crippen LogP contribution in [0.4, 0.5) is 0 Å². The monoisotopic (exact) mass is 347 g/mol. The fraction of sp³-hybridized carbons (Fsp3) is 0.348. The molecule has 3 nitrogen and oxygen atoms in total. The van der Waals surface area contributed by atoms with Crippen LogP contribution in [0.2, 0.25) is 0 Å². The predicted molar refractivity (Wildman–Crippen MR) is 108 cm³/mol. The smallest absolute Gasteiger partial charge is 0.0662 e. The highest BCUT2D eigenvalue weighted by Gasteiger charge is 2.12. The molecule has 26 heavy (non-hydrogen) atoms. The van der Waals surface area contributed by atoms with Gasteiger partial charge in [-0.25, -0.2) is 0 Å². The van der Waals surface area contributed by atoms with Crippen LogP contribution in [0.3, 0.4) is 0 Å². The Hall–Kier alpha value is -2.39. The van der Waals surface area contributed by atoms with Crippen molar-refractivity contribution in [2.24, 2.45) is 0 Å². The van der Waals surface area contributed by atoms with E-state index in [1.807, 2.05) is 0 Å². The van der Waals surface area contributed by atoms with Gasteiger partial charge in [-0.05, 0) is 62.4 Å². The van der Waals surface area contributed by atoms with Crippen LogP contribution in [0.15, 0.2) is 42.5 Å². The second-order valence-electron chi connectivity index (χ2n) is 7.26. The van der Waals surface area contributed by atoms with Gasteiger partial charge in [0, 0.05) is 24.3 Å². The van der Waals surface area contributed by atoms with Gasteiger partial charge >= 0.3 is 0 Å². The molecular formula is C23H29N3. The summed E-state index contributed by atoms with van der Waals surface area (Å²) in [7, 11) is 0. The minimum Gasteiger partial charge on any atom is -0.308 e. The first-order valence-corrected chi connectivity index (χ1v) is 9.30. The molecule has 2 aromatic carbocycles. The maximum atomic E-state index is 4.75. The van der Waals surface area contributed by atoms with Crippen LogP contribution in [0, 0.1) is 34.6 Å². The first-order chi connectivity index (χ1) is 12.5. The van der Waals surface area contributed by atoms with Crippen LogP contribution in [0.25, 0.3) is 0 Å². The minimum absolute atomic E-state index is 0.823. The maximum Gasteiger partial charge on any atom is 0.0662 e. The van der Waals surface area contributed by atoms with Gasteiger partial charge in [0.2, 0.25) is 0 Å². The molecule has 0 amide bonds. The van der Waals surface area contributed by atoms with E-state index in [-0.39, 0.29) is 0 Å². The molecule has 0 aliphatic rings. The highest BCUT2D eigenvalue weighted by molar-refractivity contribution is 5.36. The molecule has 0 spiro atoms. The third kappa shape index (κ3) is 4.05. The van der Waals surface area contributed by atoms with Gasteiger partial charge < -0.3 is 5.32 Å². The van der Waals surface area contributed by atoms with Crippen molar-refractivity contribution in [3.63, 3.8) is 0 Å². The van der Waals surface area contributed by atoms with Crippen molar-refractivity contribution in [3.05, 3.63) is 87.2 Å². The van der Waals surface area contributed by atoms with Crippen LogP contribution < -0.4 is 5.32 Å². The molecule has 0 aliphatic carbocycles. The van der Waals surface area contributed by atoms with E-state index in [4.69, 9.17) is 5.10 Å². The number of aryl methyl sites for hydroxylation is 4. The standard InChI is InChI=1S/C23H29N3/c1-16-11-18(3)22(12-17(16)2)13-24-14-23-19(4)25-26(20(23)5)15-21-9-7-6-8-10-21/h6-12,24H,13-15H2,1-5H3. The molecule has 3 aromatic rings. The second-order valence-corrected chi connectivity index (χ2v) is 7.26. The molecule has 136 valence electrons. The molecule has 0 unspecified atom stereocenters. The van der Waals surface area contributed by atoms with Crippen molar-refractivity contribution in [2.75, 3.05) is 0 Å². The average Bonchev–Trinajstić information content (AvgIpc) is 2.87. The summed E-state index contributed by atoms with van der Waals surface area (Å²) in [6.07, 6.45) is 0. The predicted octanol–water partition coefficient (Wildman–Crippen LogP) is 4.76. The van der Waals surface area contributed by atoms with Gasteiger partial charge in [-0.3, -0.25) is 4.68 Å². The number of hydrogen-bond acceptors (Lipinski definition) is 2. The Morgan fingerprint density at radius 1 is 0.846 bits per heavy atom. The largest absolute Gasteiger partial charge is 0.308 e. The SMILES string of the molecule is Cc1cc(C)c(CNCc2c(C)nn(Cc3ccccc3)c2C)cc1C. The molecular weight excluding hydrogens is 318 g/mol. The van der Waals surface area contributed by atoms with Crippen LogP contribution >= 0.6 is 0 Å². The first-order valence-electron chi connectivity index (χ1n) is 9.30. The molecule has 0 radical (unpaired) electrons. The number of nitrogens with one attached hydrogen (secondary N) is 1. The van der Waals surface area contributed by atoms with Crippen molar-refractivity contribution >= 4 is 0 Å². The third-order valence-electron chi connectivity index (χ3n) is 5.28. The first kappa shape index (κ1) is 18.4. The van der Waals surface area contributed by atoms with Crippen LogP contribution in [0.1, 0.15) is 44.8 Å². The molecule has 0 saturated carbocycles. The molecule has 0 atom stereocenters. The zero-order valence-corrected chi connectivity index (χ0v) is 16.6. The summed E-state index contributed by atoms with van der Waals surface area (Å²) in [5, 5.41) is 8.36. The summed E-state index contributed by atoms with van der Waals surface area (Å²) < 4.78 is 2.11. The lowest BCUT2D eigenvalue weighted by Crippen LogP contribution is -2.15. The molecule has 0 aliphatic heterocycles. The van der Waals surface area contributed by atoms with E-state index in [0.29, 0.717) is 0 Å². The second kappa shape index (κ2) is 7.88. The summed E-state index contributed by atoms with van der Waals surface area (Å²) in [5.74, 6) is 0. The maximum absolute atomic E-state index is 4.75. The molecule has 0 fully saturated rings. The topological polar surface area (TPSA) is 29.9 Å². The van der Waals surface area contributed by atoms with Gasteiger partial charge in [-0.2, -0.15) is 5.10 Å². The quantitative estimate of drug-likeness (QED) is 0.696. The van der Waals surface area contributed by atoms with Crippen LogP contribution in [0.5, 0.6) is 0 Å². The van der Waals surface area contributed by atoms with E-state index in [0.717, 1.165) is 25.3 Å². The van der Waals surface area contributed by atoms with E-state index in [1.54, 1.807) is 0 Å². The van der Waals surface area contributed by atoms with E-state index in [9.17, 15) is 0 Å². The number of aromatic nitrogens is 2. The summed E-state index contributed by atoms with van der Waals surface area (Å²) in [6.45, 7) is 13.4. The summed E-state index contributed by atoms with van der Waals surface area (Å²) in [4.78, 5) is 0. The van der Waals surface area contributed by atoms with E-state index in [1.165, 1.54) is 39.1 Å². The Morgan fingerprint density at radius 2 is 1.54 bits per heavy atom. The van der Waals surface area contributed by atoms with Gasteiger partial charge in [0.25, 0.3) is 0 Å². The molecule has 0 bridgehead atoms. The van der Waals surface area contributed by atoms with Crippen molar-refractivity contribution in [3.8, 4) is 0 Å². The van der Waals surface area contributed by atoms with Gasteiger partial charge in [-0.1, -0.05) is 42.5 Å². The molecule has 0 saturated heterocycles. The van der Waals surface area contributed by atoms with Crippen molar-refractivity contribution in [1.29, 1.82) is 0 Å². The normalized spacial score (nSPS) is 11.1. The van der Waals surface area contributed by atoms with Crippen LogP contribution in [-0.4, -0.2) is 9.78 Å². The van der Waals surface area contributed by atoms with Gasteiger partial charge in [0.1, 0.15) is 0 Å². The van der Waals surface area contributed by atoms with E-state index < -0.39 is 0 Å². The summed E-state index contributed by atoms with van der Waals surface area (Å²) >= 11 is 0. The zero-order chi connectivity index (χ0) is 18.7. The lowest BCUT2D eigenvalue weighted by Gasteiger charge is -2.11. The molecule has 1 heterocycles. The Balaban J connectivity index is 1.68. The third-order valence-corrected chi connectivity index (χ3v) is 5.28. The summed E-state index contributed by atoms with van der Waals surface area (Å²) in [6, 6.07) is 15.1. The van der Waals surface area contributed by atoms with Crippen molar-refractivity contribution in [1.82, 2.24) is 15.1 Å².